The van der Waals surface area contributed by atoms with Crippen molar-refractivity contribution in [2.75, 3.05) is 11.4 Å². The molecule has 24 heavy (non-hydrogen) atoms. The van der Waals surface area contributed by atoms with Crippen LogP contribution in [0.3, 0.4) is 0 Å². The highest BCUT2D eigenvalue weighted by atomic mass is 16.2. The second-order valence-electron chi connectivity index (χ2n) is 6.38. The highest BCUT2D eigenvalue weighted by Crippen LogP contribution is 2.27. The summed E-state index contributed by atoms with van der Waals surface area (Å²) in [6, 6.07) is 15.8. The number of anilines is 1. The molecule has 124 valence electrons. The molecule has 0 saturated carbocycles. The minimum Gasteiger partial charge on any atom is -0.352 e. The largest absolute Gasteiger partial charge is 0.352 e. The van der Waals surface area contributed by atoms with Crippen molar-refractivity contribution in [3.63, 3.8) is 0 Å². The standard InChI is InChI=1S/C20H22N2O2/c1-14-8-9-18(10-15(14)2)22-13-17(11-19(22)23)20(24)21-12-16-6-4-3-5-7-16/h3-10,17H,11-13H2,1-2H3,(H,21,24)/t17-/m1/s1. The summed E-state index contributed by atoms with van der Waals surface area (Å²) < 4.78 is 0. The Labute approximate surface area is 142 Å². The average Bonchev–Trinajstić information content (AvgIpc) is 2.98. The topological polar surface area (TPSA) is 49.4 Å². The summed E-state index contributed by atoms with van der Waals surface area (Å²) in [6.45, 7) is 5.02. The fourth-order valence-corrected chi connectivity index (χ4v) is 2.96. The van der Waals surface area contributed by atoms with Crippen molar-refractivity contribution in [2.24, 2.45) is 5.92 Å². The molecule has 0 radical (unpaired) electrons. The van der Waals surface area contributed by atoms with Gasteiger partial charge in [0.1, 0.15) is 0 Å². The van der Waals surface area contributed by atoms with Crippen molar-refractivity contribution in [2.45, 2.75) is 26.8 Å². The van der Waals surface area contributed by atoms with Gasteiger partial charge < -0.3 is 10.2 Å². The molecule has 1 heterocycles. The molecule has 1 aliphatic rings. The number of rotatable bonds is 4. The van der Waals surface area contributed by atoms with E-state index >= 15 is 0 Å². The molecule has 1 aliphatic heterocycles. The van der Waals surface area contributed by atoms with E-state index in [1.54, 1.807) is 4.90 Å². The minimum absolute atomic E-state index is 0.0121. The lowest BCUT2D eigenvalue weighted by Gasteiger charge is -2.18. The predicted molar refractivity (Wildman–Crippen MR) is 94.7 cm³/mol. The maximum absolute atomic E-state index is 12.4. The maximum Gasteiger partial charge on any atom is 0.227 e. The zero-order valence-electron chi connectivity index (χ0n) is 14.1. The van der Waals surface area contributed by atoms with Crippen molar-refractivity contribution in [1.82, 2.24) is 5.32 Å². The first-order valence-electron chi connectivity index (χ1n) is 8.24. The number of carbonyl (C=O) groups is 2. The van der Waals surface area contributed by atoms with E-state index in [0.717, 1.165) is 16.8 Å². The molecule has 2 amide bonds. The van der Waals surface area contributed by atoms with Crippen LogP contribution in [0.15, 0.2) is 48.5 Å². The maximum atomic E-state index is 12.4. The van der Waals surface area contributed by atoms with Gasteiger partial charge in [0.25, 0.3) is 0 Å². The van der Waals surface area contributed by atoms with Crippen molar-refractivity contribution >= 4 is 17.5 Å². The van der Waals surface area contributed by atoms with Gasteiger partial charge in [-0.25, -0.2) is 0 Å². The molecule has 0 aliphatic carbocycles. The van der Waals surface area contributed by atoms with E-state index in [0.29, 0.717) is 13.1 Å². The Hall–Kier alpha value is -2.62. The van der Waals surface area contributed by atoms with Gasteiger partial charge in [-0.15, -0.1) is 0 Å². The number of nitrogens with one attached hydrogen (secondary N) is 1. The van der Waals surface area contributed by atoms with Gasteiger partial charge in [0.15, 0.2) is 0 Å². The number of amides is 2. The van der Waals surface area contributed by atoms with E-state index in [4.69, 9.17) is 0 Å². The molecule has 4 nitrogen and oxygen atoms in total. The molecule has 0 bridgehead atoms. The fraction of sp³-hybridized carbons (Fsp3) is 0.300. The van der Waals surface area contributed by atoms with Crippen LogP contribution >= 0.6 is 0 Å². The van der Waals surface area contributed by atoms with Gasteiger partial charge in [0.05, 0.1) is 5.92 Å². The Morgan fingerprint density at radius 2 is 1.88 bits per heavy atom. The molecule has 3 rings (SSSR count). The Kier molecular flexibility index (Phi) is 4.65. The summed E-state index contributed by atoms with van der Waals surface area (Å²) in [7, 11) is 0. The number of carbonyl (C=O) groups excluding carboxylic acids is 2. The highest BCUT2D eigenvalue weighted by molar-refractivity contribution is 6.00. The van der Waals surface area contributed by atoms with Crippen LogP contribution in [-0.2, 0) is 16.1 Å². The van der Waals surface area contributed by atoms with E-state index in [1.807, 2.05) is 62.4 Å². The van der Waals surface area contributed by atoms with Gasteiger partial charge in [-0.05, 0) is 42.7 Å². The summed E-state index contributed by atoms with van der Waals surface area (Å²) in [5.74, 6) is -0.334. The van der Waals surface area contributed by atoms with Crippen molar-refractivity contribution in [1.29, 1.82) is 0 Å². The summed E-state index contributed by atoms with van der Waals surface area (Å²) >= 11 is 0. The first-order valence-corrected chi connectivity index (χ1v) is 8.24. The van der Waals surface area contributed by atoms with Gasteiger partial charge in [-0.3, -0.25) is 9.59 Å². The summed E-state index contributed by atoms with van der Waals surface area (Å²) in [6.07, 6.45) is 0.271. The van der Waals surface area contributed by atoms with Crippen LogP contribution in [0.1, 0.15) is 23.1 Å². The van der Waals surface area contributed by atoms with Crippen LogP contribution in [0.25, 0.3) is 0 Å². The SMILES string of the molecule is Cc1ccc(N2C[C@H](C(=O)NCc3ccccc3)CC2=O)cc1C. The molecule has 1 saturated heterocycles. The molecule has 0 aromatic heterocycles. The third-order valence-corrected chi connectivity index (χ3v) is 4.61. The normalized spacial score (nSPS) is 17.2. The zero-order chi connectivity index (χ0) is 17.1. The molecular formula is C20H22N2O2. The number of hydrogen-bond acceptors (Lipinski definition) is 2. The Bertz CT molecular complexity index is 755. The highest BCUT2D eigenvalue weighted by Gasteiger charge is 2.35. The van der Waals surface area contributed by atoms with Crippen LogP contribution in [0.5, 0.6) is 0 Å². The summed E-state index contributed by atoms with van der Waals surface area (Å²) in [5, 5.41) is 2.94. The van der Waals surface area contributed by atoms with Gasteiger partial charge in [0.2, 0.25) is 11.8 Å². The monoisotopic (exact) mass is 322 g/mol. The molecular weight excluding hydrogens is 300 g/mol. The van der Waals surface area contributed by atoms with Crippen LogP contribution in [-0.4, -0.2) is 18.4 Å². The number of nitrogens with zero attached hydrogens (tertiary/aromatic N) is 1. The zero-order valence-corrected chi connectivity index (χ0v) is 14.1. The molecule has 2 aromatic carbocycles. The molecule has 1 atom stereocenters. The average molecular weight is 322 g/mol. The Morgan fingerprint density at radius 1 is 1.12 bits per heavy atom. The smallest absolute Gasteiger partial charge is 0.227 e. The van der Waals surface area contributed by atoms with Gasteiger partial charge >= 0.3 is 0 Å². The van der Waals surface area contributed by atoms with Crippen molar-refractivity contribution in [3.05, 3.63) is 65.2 Å². The second kappa shape index (κ2) is 6.87. The quantitative estimate of drug-likeness (QED) is 0.941. The molecule has 2 aromatic rings. The van der Waals surface area contributed by atoms with Crippen molar-refractivity contribution in [3.8, 4) is 0 Å². The summed E-state index contributed by atoms with van der Waals surface area (Å²) in [4.78, 5) is 26.4. The van der Waals surface area contributed by atoms with E-state index < -0.39 is 0 Å². The Morgan fingerprint density at radius 3 is 2.58 bits per heavy atom. The first-order chi connectivity index (χ1) is 11.5. The number of benzene rings is 2. The van der Waals surface area contributed by atoms with E-state index in [2.05, 4.69) is 5.32 Å². The van der Waals surface area contributed by atoms with Crippen LogP contribution in [0.2, 0.25) is 0 Å². The molecule has 0 unspecified atom stereocenters. The lowest BCUT2D eigenvalue weighted by molar-refractivity contribution is -0.126. The first kappa shape index (κ1) is 16.2. The Balaban J connectivity index is 1.63. The van der Waals surface area contributed by atoms with Crippen LogP contribution < -0.4 is 10.2 Å². The predicted octanol–water partition coefficient (Wildman–Crippen LogP) is 2.97. The van der Waals surface area contributed by atoms with Crippen LogP contribution in [0, 0.1) is 19.8 Å². The number of hydrogen-bond donors (Lipinski definition) is 1. The molecule has 1 N–H and O–H groups in total. The van der Waals surface area contributed by atoms with Crippen LogP contribution in [0.4, 0.5) is 5.69 Å². The molecule has 0 spiro atoms. The van der Waals surface area contributed by atoms with Crippen molar-refractivity contribution < 1.29 is 9.59 Å². The lowest BCUT2D eigenvalue weighted by Crippen LogP contribution is -2.32. The second-order valence-corrected chi connectivity index (χ2v) is 6.38. The van der Waals surface area contributed by atoms with Gasteiger partial charge in [0, 0.05) is 25.2 Å². The third kappa shape index (κ3) is 3.48. The van der Waals surface area contributed by atoms with Gasteiger partial charge in [-0.2, -0.15) is 0 Å². The minimum atomic E-state index is -0.289. The molecule has 4 heteroatoms. The lowest BCUT2D eigenvalue weighted by atomic mass is 10.1. The molecule has 1 fully saturated rings. The summed E-state index contributed by atoms with van der Waals surface area (Å²) in [5.41, 5.74) is 4.28. The van der Waals surface area contributed by atoms with Gasteiger partial charge in [-0.1, -0.05) is 36.4 Å². The van der Waals surface area contributed by atoms with E-state index in [-0.39, 0.29) is 24.2 Å². The fourth-order valence-electron chi connectivity index (χ4n) is 2.96. The van der Waals surface area contributed by atoms with E-state index in [9.17, 15) is 9.59 Å². The third-order valence-electron chi connectivity index (χ3n) is 4.61. The van der Waals surface area contributed by atoms with E-state index in [1.165, 1.54) is 5.56 Å². The number of aryl methyl sites for hydroxylation is 2.